The predicted molar refractivity (Wildman–Crippen MR) is 146 cm³/mol. The van der Waals surface area contributed by atoms with Crippen molar-refractivity contribution in [1.29, 1.82) is 5.26 Å². The molecule has 4 aliphatic rings. The topological polar surface area (TPSA) is 78.2 Å². The molecule has 0 radical (unpaired) electrons. The van der Waals surface area contributed by atoms with E-state index in [0.29, 0.717) is 10.6 Å². The van der Waals surface area contributed by atoms with Gasteiger partial charge in [0.25, 0.3) is 0 Å². The summed E-state index contributed by atoms with van der Waals surface area (Å²) in [6.45, 7) is 3.71. The molecule has 2 fully saturated rings. The summed E-state index contributed by atoms with van der Waals surface area (Å²) in [6, 6.07) is 21.9. The second-order valence-electron chi connectivity index (χ2n) is 11.2. The number of benzene rings is 2. The lowest BCUT2D eigenvalue weighted by Gasteiger charge is -2.35. The second-order valence-corrected chi connectivity index (χ2v) is 12.3. The first-order chi connectivity index (χ1) is 18.3. The molecule has 2 bridgehead atoms. The van der Waals surface area contributed by atoms with Gasteiger partial charge in [0.1, 0.15) is 11.1 Å². The molecule has 2 heterocycles. The van der Waals surface area contributed by atoms with Gasteiger partial charge in [-0.15, -0.1) is 11.3 Å². The van der Waals surface area contributed by atoms with Gasteiger partial charge in [-0.3, -0.25) is 14.4 Å². The zero-order chi connectivity index (χ0) is 26.4. The molecule has 1 saturated heterocycles. The highest BCUT2D eigenvalue weighted by Gasteiger charge is 2.79. The molecule has 0 N–H and O–H groups in total. The molecule has 5 nitrogen and oxygen atoms in total. The monoisotopic (exact) mass is 518 g/mol. The van der Waals surface area contributed by atoms with Crippen LogP contribution in [0.4, 0.5) is 5.00 Å². The van der Waals surface area contributed by atoms with E-state index in [4.69, 9.17) is 0 Å². The number of nitrogens with zero attached hydrogens (tertiary/aromatic N) is 2. The maximum Gasteiger partial charge on any atom is 0.239 e. The second kappa shape index (κ2) is 7.85. The third-order valence-electron chi connectivity index (χ3n) is 9.37. The van der Waals surface area contributed by atoms with Gasteiger partial charge in [-0.2, -0.15) is 5.26 Å². The van der Waals surface area contributed by atoms with Crippen LogP contribution in [0.2, 0.25) is 0 Å². The zero-order valence-corrected chi connectivity index (χ0v) is 22.1. The minimum Gasteiger partial charge on any atom is -0.298 e. The van der Waals surface area contributed by atoms with Crippen molar-refractivity contribution in [2.75, 3.05) is 4.90 Å². The van der Waals surface area contributed by atoms with Crippen LogP contribution in [-0.4, -0.2) is 17.6 Å². The number of amides is 2. The lowest BCUT2D eigenvalue weighted by Crippen LogP contribution is -2.40. The fourth-order valence-electron chi connectivity index (χ4n) is 7.83. The van der Waals surface area contributed by atoms with Crippen LogP contribution in [0, 0.1) is 34.0 Å². The predicted octanol–water partition coefficient (Wildman–Crippen LogP) is 5.82. The maximum absolute atomic E-state index is 14.4. The van der Waals surface area contributed by atoms with Crippen molar-refractivity contribution < 1.29 is 14.4 Å². The van der Waals surface area contributed by atoms with Crippen LogP contribution in [0.5, 0.6) is 0 Å². The third-order valence-corrected chi connectivity index (χ3v) is 10.7. The Kier molecular flexibility index (Phi) is 4.81. The smallest absolute Gasteiger partial charge is 0.239 e. The Labute approximate surface area is 225 Å². The number of carbonyl (C=O) groups excluding carboxylic acids is 3. The number of nitriles is 1. The third kappa shape index (κ3) is 2.62. The number of hydrogen-bond donors (Lipinski definition) is 0. The Balaban J connectivity index is 1.46. The SMILES string of the molecule is C[C@]12C(=O)[C@@](C)(C(c3ccccc3)=C1c1ccccc1)[C@H]1C(=O)N(c3sc4c(c3C#N)CCCC4)C(=O)[C@H]12. The molecule has 1 aliphatic heterocycles. The minimum atomic E-state index is -1.16. The van der Waals surface area contributed by atoms with E-state index in [1.807, 2.05) is 74.5 Å². The van der Waals surface area contributed by atoms with E-state index in [-0.39, 0.29) is 17.6 Å². The largest absolute Gasteiger partial charge is 0.298 e. The van der Waals surface area contributed by atoms with E-state index in [2.05, 4.69) is 6.07 Å². The molecule has 1 aromatic heterocycles. The molecule has 4 atom stereocenters. The van der Waals surface area contributed by atoms with Crippen LogP contribution in [0.3, 0.4) is 0 Å². The summed E-state index contributed by atoms with van der Waals surface area (Å²) >= 11 is 1.41. The molecule has 2 aromatic carbocycles. The molecule has 188 valence electrons. The van der Waals surface area contributed by atoms with Crippen molar-refractivity contribution in [3.05, 3.63) is 87.8 Å². The quantitative estimate of drug-likeness (QED) is 0.409. The van der Waals surface area contributed by atoms with Crippen molar-refractivity contribution in [2.45, 2.75) is 39.5 Å². The fraction of sp³-hybridized carbons (Fsp3) is 0.312. The number of imide groups is 1. The molecule has 0 spiro atoms. The average Bonchev–Trinajstić information content (AvgIpc) is 3.55. The van der Waals surface area contributed by atoms with Crippen LogP contribution in [0.15, 0.2) is 60.7 Å². The van der Waals surface area contributed by atoms with Crippen LogP contribution in [-0.2, 0) is 27.2 Å². The van der Waals surface area contributed by atoms with Gasteiger partial charge in [0, 0.05) is 4.88 Å². The summed E-state index contributed by atoms with van der Waals surface area (Å²) in [5.74, 6) is -2.38. The van der Waals surface area contributed by atoms with Crippen LogP contribution in [0.25, 0.3) is 11.1 Å². The molecule has 2 amide bonds. The van der Waals surface area contributed by atoms with Crippen LogP contribution >= 0.6 is 11.3 Å². The molecule has 6 heteroatoms. The highest BCUT2D eigenvalue weighted by Crippen LogP contribution is 2.73. The van der Waals surface area contributed by atoms with E-state index in [1.165, 1.54) is 16.2 Å². The molecule has 3 aromatic rings. The number of hydrogen-bond acceptors (Lipinski definition) is 5. The Hall–Kier alpha value is -3.82. The first-order valence-electron chi connectivity index (χ1n) is 13.2. The van der Waals surface area contributed by atoms with E-state index < -0.39 is 22.7 Å². The summed E-state index contributed by atoms with van der Waals surface area (Å²) in [5.41, 5.74) is 2.61. The molecule has 3 aliphatic carbocycles. The number of anilines is 1. The first kappa shape index (κ1) is 23.3. The Morgan fingerprint density at radius 3 is 1.82 bits per heavy atom. The summed E-state index contributed by atoms with van der Waals surface area (Å²) < 4.78 is 0. The van der Waals surface area contributed by atoms with Gasteiger partial charge >= 0.3 is 0 Å². The molecule has 7 rings (SSSR count). The summed E-state index contributed by atoms with van der Waals surface area (Å²) in [6.07, 6.45) is 3.70. The van der Waals surface area contributed by atoms with Crippen LogP contribution in [0.1, 0.15) is 53.8 Å². The minimum absolute atomic E-state index is 0.0648. The van der Waals surface area contributed by atoms with Gasteiger partial charge in [0.2, 0.25) is 11.8 Å². The zero-order valence-electron chi connectivity index (χ0n) is 21.3. The van der Waals surface area contributed by atoms with Crippen molar-refractivity contribution in [3.8, 4) is 6.07 Å². The fourth-order valence-corrected chi connectivity index (χ4v) is 9.18. The number of ketones is 1. The number of thiophene rings is 1. The molecular weight excluding hydrogens is 492 g/mol. The molecule has 1 saturated carbocycles. The van der Waals surface area contributed by atoms with Crippen molar-refractivity contribution in [3.63, 3.8) is 0 Å². The van der Waals surface area contributed by atoms with Crippen molar-refractivity contribution in [1.82, 2.24) is 0 Å². The van der Waals surface area contributed by atoms with Crippen molar-refractivity contribution >= 4 is 45.1 Å². The average molecular weight is 519 g/mol. The van der Waals surface area contributed by atoms with Crippen molar-refractivity contribution in [2.24, 2.45) is 22.7 Å². The number of aryl methyl sites for hydroxylation is 1. The lowest BCUT2D eigenvalue weighted by atomic mass is 9.63. The Morgan fingerprint density at radius 1 is 0.816 bits per heavy atom. The lowest BCUT2D eigenvalue weighted by molar-refractivity contribution is -0.133. The number of fused-ring (bicyclic) bond motifs is 6. The number of rotatable bonds is 3. The standard InChI is InChI=1S/C32H26N2O3S/c1-31-23(18-11-5-3-6-12-18)24(19-13-7-4-8-14-19)32(2,30(31)37)26-25(31)27(35)34(28(26)36)29-21(17-33)20-15-9-10-16-22(20)38-29/h3-8,11-14,25-26H,9-10,15-16H2,1-2H3/t25-,26+,31-,32-/m0/s1. The summed E-state index contributed by atoms with van der Waals surface area (Å²) in [5, 5.41) is 10.5. The first-order valence-corrected chi connectivity index (χ1v) is 14.0. The van der Waals surface area contributed by atoms with E-state index >= 15 is 0 Å². The number of carbonyl (C=O) groups is 3. The van der Waals surface area contributed by atoms with Gasteiger partial charge in [0.05, 0.1) is 28.2 Å². The Bertz CT molecular complexity index is 1550. The number of allylic oxidation sites excluding steroid dienone is 2. The molecule has 38 heavy (non-hydrogen) atoms. The van der Waals surface area contributed by atoms with Gasteiger partial charge in [-0.1, -0.05) is 60.7 Å². The number of Topliss-reactive ketones (excluding diaryl/α,β-unsaturated/α-hetero) is 1. The molecular formula is C32H26N2O3S. The van der Waals surface area contributed by atoms with E-state index in [1.54, 1.807) is 0 Å². The van der Waals surface area contributed by atoms with Gasteiger partial charge in [-0.25, -0.2) is 4.90 Å². The molecule has 0 unspecified atom stereocenters. The normalized spacial score (nSPS) is 29.6. The maximum atomic E-state index is 14.4. The van der Waals surface area contributed by atoms with E-state index in [0.717, 1.165) is 58.4 Å². The Morgan fingerprint density at radius 2 is 1.32 bits per heavy atom. The summed E-state index contributed by atoms with van der Waals surface area (Å²) in [7, 11) is 0. The highest BCUT2D eigenvalue weighted by molar-refractivity contribution is 7.17. The van der Waals surface area contributed by atoms with E-state index in [9.17, 15) is 19.6 Å². The van der Waals surface area contributed by atoms with Gasteiger partial charge in [-0.05, 0) is 67.4 Å². The summed E-state index contributed by atoms with van der Waals surface area (Å²) in [4.78, 5) is 45.4. The van der Waals surface area contributed by atoms with Gasteiger partial charge in [0.15, 0.2) is 5.78 Å². The van der Waals surface area contributed by atoms with Crippen LogP contribution < -0.4 is 4.90 Å². The van der Waals surface area contributed by atoms with Gasteiger partial charge < -0.3 is 0 Å². The highest BCUT2D eigenvalue weighted by atomic mass is 32.1.